The molecule has 24 heavy (non-hydrogen) atoms. The zero-order valence-electron chi connectivity index (χ0n) is 13.4. The average molecular weight is 318 g/mol. The van der Waals surface area contributed by atoms with Crippen molar-refractivity contribution in [3.8, 4) is 6.07 Å². The van der Waals surface area contributed by atoms with E-state index in [0.717, 1.165) is 37.3 Å². The summed E-state index contributed by atoms with van der Waals surface area (Å²) in [6.45, 7) is 2.34. The molecule has 0 spiro atoms. The molecule has 1 fully saturated rings. The SMILES string of the molecule is N#Cc1ccc(N2CCC(C(=O)N3CCc4ccccc43)C2)cn1. The summed E-state index contributed by atoms with van der Waals surface area (Å²) in [6, 6.07) is 13.8. The standard InChI is InChI=1S/C19H18N4O/c20-11-16-5-6-17(12-21-16)22-9-7-15(13-22)19(24)23-10-8-14-3-1-2-4-18(14)23/h1-6,12,15H,7-10,13H2. The molecule has 0 bridgehead atoms. The Balaban J connectivity index is 1.47. The zero-order chi connectivity index (χ0) is 16.5. The predicted molar refractivity (Wildman–Crippen MR) is 91.8 cm³/mol. The summed E-state index contributed by atoms with van der Waals surface area (Å²) in [7, 11) is 0. The monoisotopic (exact) mass is 318 g/mol. The molecule has 1 amide bonds. The fourth-order valence-corrected chi connectivity index (χ4v) is 3.62. The molecule has 3 heterocycles. The first-order valence-corrected chi connectivity index (χ1v) is 8.26. The third-order valence-electron chi connectivity index (χ3n) is 4.92. The van der Waals surface area contributed by atoms with E-state index in [0.29, 0.717) is 12.2 Å². The number of benzene rings is 1. The van der Waals surface area contributed by atoms with Crippen molar-refractivity contribution in [2.45, 2.75) is 12.8 Å². The molecule has 0 N–H and O–H groups in total. The van der Waals surface area contributed by atoms with E-state index in [9.17, 15) is 4.79 Å². The quantitative estimate of drug-likeness (QED) is 0.853. The van der Waals surface area contributed by atoms with Crippen LogP contribution in [0.2, 0.25) is 0 Å². The molecule has 0 aliphatic carbocycles. The van der Waals surface area contributed by atoms with E-state index in [1.54, 1.807) is 12.3 Å². The summed E-state index contributed by atoms with van der Waals surface area (Å²) in [5, 5.41) is 8.83. The van der Waals surface area contributed by atoms with Crippen LogP contribution in [0.4, 0.5) is 11.4 Å². The van der Waals surface area contributed by atoms with Crippen molar-refractivity contribution >= 4 is 17.3 Å². The highest BCUT2D eigenvalue weighted by atomic mass is 16.2. The minimum absolute atomic E-state index is 0.0202. The van der Waals surface area contributed by atoms with Gasteiger partial charge < -0.3 is 9.80 Å². The van der Waals surface area contributed by atoms with E-state index >= 15 is 0 Å². The van der Waals surface area contributed by atoms with Gasteiger partial charge in [-0.2, -0.15) is 5.26 Å². The van der Waals surface area contributed by atoms with Gasteiger partial charge in [0.25, 0.3) is 0 Å². The minimum atomic E-state index is 0.0202. The van der Waals surface area contributed by atoms with Crippen LogP contribution in [0.25, 0.3) is 0 Å². The van der Waals surface area contributed by atoms with E-state index in [1.165, 1.54) is 5.56 Å². The Morgan fingerprint density at radius 1 is 1.21 bits per heavy atom. The molecular weight excluding hydrogens is 300 g/mol. The van der Waals surface area contributed by atoms with Crippen LogP contribution in [0.15, 0.2) is 42.6 Å². The third kappa shape index (κ3) is 2.50. The van der Waals surface area contributed by atoms with E-state index < -0.39 is 0 Å². The largest absolute Gasteiger partial charge is 0.369 e. The fourth-order valence-electron chi connectivity index (χ4n) is 3.62. The second-order valence-corrected chi connectivity index (χ2v) is 6.31. The number of carbonyl (C=O) groups excluding carboxylic acids is 1. The van der Waals surface area contributed by atoms with Gasteiger partial charge in [0.1, 0.15) is 11.8 Å². The van der Waals surface area contributed by atoms with Crippen molar-refractivity contribution in [3.05, 3.63) is 53.9 Å². The first-order chi connectivity index (χ1) is 11.8. The molecule has 5 heteroatoms. The van der Waals surface area contributed by atoms with Crippen LogP contribution in [0.1, 0.15) is 17.7 Å². The van der Waals surface area contributed by atoms with Crippen molar-refractivity contribution in [3.63, 3.8) is 0 Å². The Kier molecular flexibility index (Phi) is 3.66. The molecule has 2 aliphatic rings. The summed E-state index contributed by atoms with van der Waals surface area (Å²) in [4.78, 5) is 21.2. The molecule has 120 valence electrons. The molecule has 0 saturated carbocycles. The Hall–Kier alpha value is -2.87. The topological polar surface area (TPSA) is 60.2 Å². The van der Waals surface area contributed by atoms with E-state index in [-0.39, 0.29) is 11.8 Å². The van der Waals surface area contributed by atoms with Gasteiger partial charge in [0, 0.05) is 25.3 Å². The Bertz CT molecular complexity index is 809. The van der Waals surface area contributed by atoms with Gasteiger partial charge in [-0.25, -0.2) is 4.98 Å². The lowest BCUT2D eigenvalue weighted by molar-refractivity contribution is -0.121. The number of aromatic nitrogens is 1. The van der Waals surface area contributed by atoms with Crippen molar-refractivity contribution in [1.82, 2.24) is 4.98 Å². The second kappa shape index (κ2) is 5.97. The number of carbonyl (C=O) groups is 1. The number of hydrogen-bond donors (Lipinski definition) is 0. The number of para-hydroxylation sites is 1. The number of anilines is 2. The molecule has 1 atom stereocenters. The van der Waals surface area contributed by atoms with Gasteiger partial charge in [-0.15, -0.1) is 0 Å². The second-order valence-electron chi connectivity index (χ2n) is 6.31. The molecular formula is C19H18N4O. The van der Waals surface area contributed by atoms with Crippen LogP contribution in [0, 0.1) is 17.2 Å². The third-order valence-corrected chi connectivity index (χ3v) is 4.92. The lowest BCUT2D eigenvalue weighted by Crippen LogP contribution is -2.36. The molecule has 4 rings (SSSR count). The maximum absolute atomic E-state index is 12.9. The first kappa shape index (κ1) is 14.7. The van der Waals surface area contributed by atoms with E-state index in [2.05, 4.69) is 16.0 Å². The first-order valence-electron chi connectivity index (χ1n) is 8.26. The summed E-state index contributed by atoms with van der Waals surface area (Å²) in [6.07, 6.45) is 3.52. The van der Waals surface area contributed by atoms with E-state index in [4.69, 9.17) is 5.26 Å². The summed E-state index contributed by atoms with van der Waals surface area (Å²) in [5.41, 5.74) is 3.73. The maximum atomic E-state index is 12.9. The highest BCUT2D eigenvalue weighted by Gasteiger charge is 2.34. The summed E-state index contributed by atoms with van der Waals surface area (Å²) >= 11 is 0. The molecule has 1 aromatic heterocycles. The van der Waals surface area contributed by atoms with Gasteiger partial charge in [0.05, 0.1) is 17.8 Å². The zero-order valence-corrected chi connectivity index (χ0v) is 13.4. The fraction of sp³-hybridized carbons (Fsp3) is 0.316. The van der Waals surface area contributed by atoms with Crippen LogP contribution in [0.3, 0.4) is 0 Å². The Morgan fingerprint density at radius 3 is 2.88 bits per heavy atom. The number of pyridine rings is 1. The van der Waals surface area contributed by atoms with Gasteiger partial charge in [-0.3, -0.25) is 4.79 Å². The smallest absolute Gasteiger partial charge is 0.231 e. The highest BCUT2D eigenvalue weighted by molar-refractivity contribution is 5.97. The summed E-state index contributed by atoms with van der Waals surface area (Å²) < 4.78 is 0. The van der Waals surface area contributed by atoms with Crippen LogP contribution in [0.5, 0.6) is 0 Å². The number of rotatable bonds is 2. The van der Waals surface area contributed by atoms with Gasteiger partial charge in [0.2, 0.25) is 5.91 Å². The lowest BCUT2D eigenvalue weighted by atomic mass is 10.1. The summed E-state index contributed by atoms with van der Waals surface area (Å²) in [5.74, 6) is 0.246. The molecule has 1 unspecified atom stereocenters. The molecule has 1 saturated heterocycles. The van der Waals surface area contributed by atoms with Crippen LogP contribution >= 0.6 is 0 Å². The molecule has 2 aromatic rings. The molecule has 0 radical (unpaired) electrons. The van der Waals surface area contributed by atoms with Crippen molar-refractivity contribution < 1.29 is 4.79 Å². The molecule has 1 aromatic carbocycles. The molecule has 2 aliphatic heterocycles. The van der Waals surface area contributed by atoms with Crippen molar-refractivity contribution in [1.29, 1.82) is 5.26 Å². The Morgan fingerprint density at radius 2 is 2.08 bits per heavy atom. The van der Waals surface area contributed by atoms with Gasteiger partial charge in [0.15, 0.2) is 0 Å². The van der Waals surface area contributed by atoms with Crippen LogP contribution in [-0.2, 0) is 11.2 Å². The highest BCUT2D eigenvalue weighted by Crippen LogP contribution is 2.31. The Labute approximate surface area is 141 Å². The average Bonchev–Trinajstić information content (AvgIpc) is 3.28. The number of nitriles is 1. The predicted octanol–water partition coefficient (Wildman–Crippen LogP) is 2.37. The number of nitrogens with zero attached hydrogens (tertiary/aromatic N) is 4. The van der Waals surface area contributed by atoms with E-state index in [1.807, 2.05) is 35.2 Å². The number of amides is 1. The van der Waals surface area contributed by atoms with Crippen LogP contribution < -0.4 is 9.80 Å². The normalized spacial score (nSPS) is 19.2. The van der Waals surface area contributed by atoms with Crippen molar-refractivity contribution in [2.24, 2.45) is 5.92 Å². The lowest BCUT2D eigenvalue weighted by Gasteiger charge is -2.22. The minimum Gasteiger partial charge on any atom is -0.369 e. The number of hydrogen-bond acceptors (Lipinski definition) is 4. The maximum Gasteiger partial charge on any atom is 0.231 e. The van der Waals surface area contributed by atoms with Crippen LogP contribution in [-0.4, -0.2) is 30.5 Å². The molecule has 5 nitrogen and oxygen atoms in total. The van der Waals surface area contributed by atoms with Gasteiger partial charge >= 0.3 is 0 Å². The van der Waals surface area contributed by atoms with Gasteiger partial charge in [-0.1, -0.05) is 18.2 Å². The van der Waals surface area contributed by atoms with Gasteiger partial charge in [-0.05, 0) is 36.6 Å². The number of fused-ring (bicyclic) bond motifs is 1. The van der Waals surface area contributed by atoms with Crippen molar-refractivity contribution in [2.75, 3.05) is 29.4 Å².